The van der Waals surface area contributed by atoms with Gasteiger partial charge in [0.05, 0.1) is 13.1 Å². The summed E-state index contributed by atoms with van der Waals surface area (Å²) in [5.41, 5.74) is 2.12. The van der Waals surface area contributed by atoms with Gasteiger partial charge in [-0.2, -0.15) is 0 Å². The molecule has 1 aromatic carbocycles. The molecule has 1 aromatic rings. The lowest BCUT2D eigenvalue weighted by Gasteiger charge is -2.13. The van der Waals surface area contributed by atoms with Gasteiger partial charge < -0.3 is 5.11 Å². The van der Waals surface area contributed by atoms with E-state index >= 15 is 0 Å². The van der Waals surface area contributed by atoms with Gasteiger partial charge in [-0.3, -0.25) is 9.18 Å². The second kappa shape index (κ2) is 4.86. The van der Waals surface area contributed by atoms with Gasteiger partial charge in [0.1, 0.15) is 0 Å². The maximum Gasteiger partial charge on any atom is 0.304 e. The van der Waals surface area contributed by atoms with Crippen LogP contribution < -0.4 is 0 Å². The Kier molecular flexibility index (Phi) is 3.46. The molecule has 0 spiro atoms. The van der Waals surface area contributed by atoms with Gasteiger partial charge >= 0.3 is 5.97 Å². The number of alkyl halides is 1. The Balaban J connectivity index is 2.05. The number of hydrogen-bond donors (Lipinski definition) is 1. The molecule has 2 nitrogen and oxygen atoms in total. The third kappa shape index (κ3) is 2.84. The van der Waals surface area contributed by atoms with E-state index < -0.39 is 5.97 Å². The van der Waals surface area contributed by atoms with E-state index in [0.717, 1.165) is 30.4 Å². The van der Waals surface area contributed by atoms with Gasteiger partial charge in [0, 0.05) is 5.41 Å². The van der Waals surface area contributed by atoms with Crippen LogP contribution in [0.3, 0.4) is 0 Å². The Morgan fingerprint density at radius 2 is 1.94 bits per heavy atom. The average molecular weight is 236 g/mol. The largest absolute Gasteiger partial charge is 0.481 e. The summed E-state index contributed by atoms with van der Waals surface area (Å²) in [6.45, 7) is -0.287. The molecule has 0 saturated heterocycles. The molecule has 1 aliphatic rings. The first-order chi connectivity index (χ1) is 8.16. The van der Waals surface area contributed by atoms with Crippen molar-refractivity contribution in [1.29, 1.82) is 0 Å². The zero-order valence-corrected chi connectivity index (χ0v) is 9.79. The third-order valence-electron chi connectivity index (χ3n) is 3.51. The Bertz CT molecular complexity index is 393. The number of benzene rings is 1. The van der Waals surface area contributed by atoms with Crippen molar-refractivity contribution >= 4 is 5.97 Å². The molecule has 0 aliphatic heterocycles. The Hall–Kier alpha value is -1.38. The van der Waals surface area contributed by atoms with Crippen LogP contribution in [-0.4, -0.2) is 17.8 Å². The minimum atomic E-state index is -0.732. The number of rotatable bonds is 6. The molecule has 92 valence electrons. The van der Waals surface area contributed by atoms with E-state index in [1.54, 1.807) is 0 Å². The van der Waals surface area contributed by atoms with Crippen molar-refractivity contribution in [3.8, 4) is 0 Å². The van der Waals surface area contributed by atoms with Gasteiger partial charge in [-0.15, -0.1) is 0 Å². The first-order valence-corrected chi connectivity index (χ1v) is 6.03. The van der Waals surface area contributed by atoms with Crippen LogP contribution >= 0.6 is 0 Å². The Morgan fingerprint density at radius 3 is 2.41 bits per heavy atom. The van der Waals surface area contributed by atoms with Gasteiger partial charge in [-0.1, -0.05) is 24.3 Å². The second-order valence-corrected chi connectivity index (χ2v) is 4.84. The summed E-state index contributed by atoms with van der Waals surface area (Å²) in [6.07, 6.45) is 3.45. The molecular weight excluding hydrogens is 219 g/mol. The fourth-order valence-electron chi connectivity index (χ4n) is 2.30. The molecule has 1 fully saturated rings. The summed E-state index contributed by atoms with van der Waals surface area (Å²) in [5.74, 6) is -0.732. The Morgan fingerprint density at radius 1 is 1.29 bits per heavy atom. The number of carbonyl (C=O) groups is 1. The Labute approximate surface area is 100 Å². The molecule has 2 rings (SSSR count). The van der Waals surface area contributed by atoms with E-state index in [1.807, 2.05) is 24.3 Å². The molecule has 0 unspecified atom stereocenters. The van der Waals surface area contributed by atoms with Crippen molar-refractivity contribution in [2.45, 2.75) is 37.5 Å². The van der Waals surface area contributed by atoms with Gasteiger partial charge in [-0.25, -0.2) is 0 Å². The van der Waals surface area contributed by atoms with E-state index in [2.05, 4.69) is 0 Å². The van der Waals surface area contributed by atoms with Gasteiger partial charge in [-0.05, 0) is 36.8 Å². The molecule has 0 bridgehead atoms. The number of carboxylic acid groups (broad SMARTS) is 1. The van der Waals surface area contributed by atoms with Crippen molar-refractivity contribution in [2.75, 3.05) is 6.67 Å². The van der Waals surface area contributed by atoms with Crippen molar-refractivity contribution in [3.63, 3.8) is 0 Å². The van der Waals surface area contributed by atoms with Crippen molar-refractivity contribution in [3.05, 3.63) is 35.4 Å². The first kappa shape index (κ1) is 12.1. The highest BCUT2D eigenvalue weighted by molar-refractivity contribution is 5.70. The predicted molar refractivity (Wildman–Crippen MR) is 63.9 cm³/mol. The topological polar surface area (TPSA) is 37.3 Å². The summed E-state index contributed by atoms with van der Waals surface area (Å²) >= 11 is 0. The highest BCUT2D eigenvalue weighted by atomic mass is 19.1. The van der Waals surface area contributed by atoms with Crippen LogP contribution in [0.2, 0.25) is 0 Å². The molecular formula is C14H17FO2. The van der Waals surface area contributed by atoms with Gasteiger partial charge in [0.15, 0.2) is 0 Å². The SMILES string of the molecule is O=C(O)CC1(c2ccc(CCCF)cc2)CC1. The normalized spacial score (nSPS) is 16.8. The third-order valence-corrected chi connectivity index (χ3v) is 3.51. The summed E-state index contributed by atoms with van der Waals surface area (Å²) in [4.78, 5) is 10.8. The zero-order valence-electron chi connectivity index (χ0n) is 9.79. The number of aliphatic carboxylic acids is 1. The van der Waals surface area contributed by atoms with Gasteiger partial charge in [0.25, 0.3) is 0 Å². The molecule has 0 radical (unpaired) electrons. The fourth-order valence-corrected chi connectivity index (χ4v) is 2.30. The maximum atomic E-state index is 12.0. The molecule has 1 N–H and O–H groups in total. The molecule has 1 saturated carbocycles. The summed E-state index contributed by atoms with van der Waals surface area (Å²) in [7, 11) is 0. The van der Waals surface area contributed by atoms with Crippen molar-refractivity contribution < 1.29 is 14.3 Å². The molecule has 0 amide bonds. The lowest BCUT2D eigenvalue weighted by atomic mass is 9.91. The van der Waals surface area contributed by atoms with Crippen LogP contribution in [-0.2, 0) is 16.6 Å². The highest BCUT2D eigenvalue weighted by Gasteiger charge is 2.45. The van der Waals surface area contributed by atoms with Crippen LogP contribution in [0.5, 0.6) is 0 Å². The number of carboxylic acids is 1. The molecule has 17 heavy (non-hydrogen) atoms. The van der Waals surface area contributed by atoms with E-state index in [1.165, 1.54) is 0 Å². The van der Waals surface area contributed by atoms with Crippen LogP contribution in [0.25, 0.3) is 0 Å². The first-order valence-electron chi connectivity index (χ1n) is 6.03. The van der Waals surface area contributed by atoms with Gasteiger partial charge in [0.2, 0.25) is 0 Å². The quantitative estimate of drug-likeness (QED) is 0.824. The number of halogens is 1. The maximum absolute atomic E-state index is 12.0. The van der Waals surface area contributed by atoms with Crippen molar-refractivity contribution in [2.24, 2.45) is 0 Å². The number of hydrogen-bond acceptors (Lipinski definition) is 1. The fraction of sp³-hybridized carbons (Fsp3) is 0.500. The number of aryl methyl sites for hydroxylation is 1. The second-order valence-electron chi connectivity index (χ2n) is 4.84. The summed E-state index contributed by atoms with van der Waals surface area (Å²) < 4.78 is 12.0. The van der Waals surface area contributed by atoms with Crippen LogP contribution in [0.1, 0.15) is 36.8 Å². The van der Waals surface area contributed by atoms with E-state index in [4.69, 9.17) is 5.11 Å². The van der Waals surface area contributed by atoms with E-state index in [0.29, 0.717) is 6.42 Å². The van der Waals surface area contributed by atoms with Crippen LogP contribution in [0.15, 0.2) is 24.3 Å². The minimum absolute atomic E-state index is 0.121. The lowest BCUT2D eigenvalue weighted by molar-refractivity contribution is -0.137. The van der Waals surface area contributed by atoms with E-state index in [9.17, 15) is 9.18 Å². The lowest BCUT2D eigenvalue weighted by Crippen LogP contribution is -2.12. The molecule has 0 atom stereocenters. The zero-order chi connectivity index (χ0) is 12.3. The molecule has 0 aromatic heterocycles. The minimum Gasteiger partial charge on any atom is -0.481 e. The van der Waals surface area contributed by atoms with Crippen molar-refractivity contribution in [1.82, 2.24) is 0 Å². The molecule has 1 aliphatic carbocycles. The highest BCUT2D eigenvalue weighted by Crippen LogP contribution is 2.50. The molecule has 0 heterocycles. The summed E-state index contributed by atoms with van der Waals surface area (Å²) in [6, 6.07) is 7.99. The standard InChI is InChI=1S/C14H17FO2/c15-9-1-2-11-3-5-12(6-4-11)14(7-8-14)10-13(16)17/h3-6H,1-2,7-10H2,(H,16,17). The average Bonchev–Trinajstić information content (AvgIpc) is 3.07. The predicted octanol–water partition coefficient (Wildman–Crippen LogP) is 3.10. The monoisotopic (exact) mass is 236 g/mol. The smallest absolute Gasteiger partial charge is 0.304 e. The van der Waals surface area contributed by atoms with Crippen LogP contribution in [0.4, 0.5) is 4.39 Å². The van der Waals surface area contributed by atoms with E-state index in [-0.39, 0.29) is 18.5 Å². The molecule has 3 heteroatoms. The summed E-state index contributed by atoms with van der Waals surface area (Å²) in [5, 5.41) is 8.88. The van der Waals surface area contributed by atoms with Crippen LogP contribution in [0, 0.1) is 0 Å².